The summed E-state index contributed by atoms with van der Waals surface area (Å²) in [7, 11) is -4.27. The van der Waals surface area contributed by atoms with Crippen molar-refractivity contribution >= 4 is 51.0 Å². The van der Waals surface area contributed by atoms with Crippen molar-refractivity contribution in [1.29, 1.82) is 0 Å². The maximum absolute atomic E-state index is 13.4. The number of pyridine rings is 1. The van der Waals surface area contributed by atoms with Crippen LogP contribution in [0.4, 0.5) is 5.69 Å². The summed E-state index contributed by atoms with van der Waals surface area (Å²) in [5.74, 6) is -3.13. The average molecular weight is 716 g/mol. The zero-order valence-corrected chi connectivity index (χ0v) is 28.5. The van der Waals surface area contributed by atoms with E-state index >= 15 is 0 Å². The number of ketones is 1. The molecule has 6 rings (SSSR count). The Kier molecular flexibility index (Phi) is 10.6. The number of carbonyl (C=O) groups is 6. The molecular weight excluding hydrogens is 674 g/mol. The largest absolute Gasteiger partial charge is 0.451 e. The lowest BCUT2D eigenvalue weighted by Crippen LogP contribution is -2.66. The van der Waals surface area contributed by atoms with Crippen LogP contribution in [0.15, 0.2) is 45.0 Å². The van der Waals surface area contributed by atoms with Gasteiger partial charge in [0.1, 0.15) is 24.5 Å². The molecule has 50 heavy (non-hydrogen) atoms. The van der Waals surface area contributed by atoms with E-state index in [1.54, 1.807) is 6.92 Å². The number of hydrogen-bond donors (Lipinski definition) is 6. The van der Waals surface area contributed by atoms with Gasteiger partial charge in [-0.2, -0.15) is 0 Å². The van der Waals surface area contributed by atoms with E-state index in [0.29, 0.717) is 5.92 Å². The van der Waals surface area contributed by atoms with Crippen molar-refractivity contribution in [2.75, 3.05) is 11.9 Å². The Morgan fingerprint density at radius 1 is 1.10 bits per heavy atom. The first-order valence-corrected chi connectivity index (χ1v) is 17.9. The second-order valence-corrected chi connectivity index (χ2v) is 14.9. The van der Waals surface area contributed by atoms with Crippen molar-refractivity contribution in [3.63, 3.8) is 0 Å². The fourth-order valence-electron chi connectivity index (χ4n) is 7.89. The molecule has 4 aliphatic carbocycles. The third-order valence-corrected chi connectivity index (χ3v) is 10.4. The van der Waals surface area contributed by atoms with Crippen LogP contribution in [0, 0.1) is 17.8 Å². The highest BCUT2D eigenvalue weighted by Gasteiger charge is 2.56. The van der Waals surface area contributed by atoms with Gasteiger partial charge in [-0.1, -0.05) is 0 Å². The van der Waals surface area contributed by atoms with Gasteiger partial charge in [0, 0.05) is 43.7 Å². The van der Waals surface area contributed by atoms with Crippen LogP contribution in [0.2, 0.25) is 0 Å². The summed E-state index contributed by atoms with van der Waals surface area (Å²) in [6, 6.07) is 2.06. The van der Waals surface area contributed by atoms with E-state index in [9.17, 15) is 42.0 Å². The van der Waals surface area contributed by atoms with E-state index in [-0.39, 0.29) is 66.0 Å². The lowest BCUT2D eigenvalue weighted by Gasteiger charge is -2.60. The first-order valence-electron chi connectivity index (χ1n) is 16.4. The van der Waals surface area contributed by atoms with Gasteiger partial charge in [0.25, 0.3) is 27.4 Å². The Morgan fingerprint density at radius 3 is 2.42 bits per heavy atom. The monoisotopic (exact) mass is 715 g/mol. The lowest BCUT2D eigenvalue weighted by atomic mass is 9.51. The van der Waals surface area contributed by atoms with Gasteiger partial charge in [-0.3, -0.25) is 33.6 Å². The highest BCUT2D eigenvalue weighted by Crippen LogP contribution is 2.55. The number of Topliss-reactive ketones (excluding diaryl/α,β-unsaturated/α-hetero) is 1. The second kappa shape index (κ2) is 14.6. The number of furan rings is 1. The fraction of sp³-hybridized carbons (Fsp3) is 0.531. The van der Waals surface area contributed by atoms with Crippen LogP contribution in [-0.2, 0) is 40.5 Å². The van der Waals surface area contributed by atoms with Crippen LogP contribution in [0.25, 0.3) is 0 Å². The predicted molar refractivity (Wildman–Crippen MR) is 176 cm³/mol. The number of aromatic nitrogens is 1. The second-order valence-electron chi connectivity index (χ2n) is 13.4. The molecule has 0 aromatic carbocycles. The molecular formula is C32H41N7O10S. The smallest absolute Gasteiger partial charge is 0.287 e. The minimum absolute atomic E-state index is 0.0582. The third kappa shape index (κ3) is 8.30. The van der Waals surface area contributed by atoms with E-state index in [2.05, 4.69) is 26.6 Å². The number of rotatable bonds is 14. The van der Waals surface area contributed by atoms with Crippen molar-refractivity contribution in [3.05, 3.63) is 46.6 Å². The van der Waals surface area contributed by atoms with Gasteiger partial charge >= 0.3 is 0 Å². The minimum Gasteiger partial charge on any atom is -0.451 e. The Hall–Kier alpha value is -4.84. The van der Waals surface area contributed by atoms with Gasteiger partial charge in [0.2, 0.25) is 28.6 Å². The van der Waals surface area contributed by atoms with Crippen molar-refractivity contribution < 1.29 is 41.6 Å². The summed E-state index contributed by atoms with van der Waals surface area (Å²) in [5, 5.41) is 17.8. The molecule has 4 saturated carbocycles. The van der Waals surface area contributed by atoms with Crippen LogP contribution in [0.1, 0.15) is 69.2 Å². The molecule has 0 saturated heterocycles. The Labute approximate surface area is 287 Å². The molecule has 5 amide bonds. The van der Waals surface area contributed by atoms with Gasteiger partial charge in [-0.05, 0) is 75.3 Å². The molecule has 2 aromatic rings. The van der Waals surface area contributed by atoms with Gasteiger partial charge in [-0.15, -0.1) is 0 Å². The lowest BCUT2D eigenvalue weighted by molar-refractivity contribution is -0.138. The van der Waals surface area contributed by atoms with E-state index in [0.717, 1.165) is 49.0 Å². The number of primary sulfonamides is 1. The molecule has 0 spiro atoms. The maximum atomic E-state index is 13.4. The number of amides is 5. The van der Waals surface area contributed by atoms with Gasteiger partial charge in [0.15, 0.2) is 0 Å². The topological polar surface area (TPSA) is 258 Å². The molecule has 2 aromatic heterocycles. The Balaban J connectivity index is 1.26. The quantitative estimate of drug-likeness (QED) is 0.137. The molecule has 0 radical (unpaired) electrons. The van der Waals surface area contributed by atoms with Gasteiger partial charge < -0.3 is 35.6 Å². The molecule has 17 nitrogen and oxygen atoms in total. The molecule has 7 N–H and O–H groups in total. The molecule has 4 bridgehead atoms. The van der Waals surface area contributed by atoms with Crippen LogP contribution in [-0.4, -0.2) is 72.5 Å². The zero-order chi connectivity index (χ0) is 36.4. The molecule has 0 aliphatic heterocycles. The van der Waals surface area contributed by atoms with E-state index in [1.807, 2.05) is 0 Å². The van der Waals surface area contributed by atoms with Crippen LogP contribution >= 0.6 is 0 Å². The first-order chi connectivity index (χ1) is 23.6. The van der Waals surface area contributed by atoms with Crippen molar-refractivity contribution in [3.8, 4) is 0 Å². The Morgan fingerprint density at radius 2 is 1.80 bits per heavy atom. The van der Waals surface area contributed by atoms with Crippen LogP contribution in [0.3, 0.4) is 0 Å². The van der Waals surface area contributed by atoms with Crippen LogP contribution in [0.5, 0.6) is 0 Å². The SMILES string of the molecule is CCNC(=O)C(=O)CC[C@H](NC(=O)c1coc(S(N)(=O)=O)c1)C(=O)Nc1cccn(CC(=O)NC2C3CC4CC2CC(NC(C)=O)(C4)C3)c1=O. The first kappa shape index (κ1) is 36.4. The zero-order valence-electron chi connectivity index (χ0n) is 27.7. The van der Waals surface area contributed by atoms with Gasteiger partial charge in [0.05, 0.1) is 5.56 Å². The summed E-state index contributed by atoms with van der Waals surface area (Å²) < 4.78 is 29.1. The highest BCUT2D eigenvalue weighted by atomic mass is 32.2. The Bertz CT molecular complexity index is 1850. The normalized spacial score (nSPS) is 24.1. The van der Waals surface area contributed by atoms with Crippen molar-refractivity contribution in [2.45, 2.75) is 88.1 Å². The number of nitrogens with zero attached hydrogens (tertiary/aromatic N) is 1. The summed E-state index contributed by atoms with van der Waals surface area (Å²) in [6.07, 6.45) is 5.85. The minimum atomic E-state index is -4.27. The predicted octanol–water partition coefficient (Wildman–Crippen LogP) is -0.489. The molecule has 270 valence electrons. The van der Waals surface area contributed by atoms with E-state index in [1.165, 1.54) is 25.3 Å². The molecule has 2 heterocycles. The highest BCUT2D eigenvalue weighted by molar-refractivity contribution is 7.89. The number of likely N-dealkylation sites (N-methyl/N-ethyl adjacent to an activating group) is 1. The fourth-order valence-corrected chi connectivity index (χ4v) is 8.37. The van der Waals surface area contributed by atoms with E-state index in [4.69, 9.17) is 9.56 Å². The summed E-state index contributed by atoms with van der Waals surface area (Å²) in [5.41, 5.74) is -1.45. The molecule has 18 heteroatoms. The van der Waals surface area contributed by atoms with Crippen molar-refractivity contribution in [2.24, 2.45) is 22.9 Å². The summed E-state index contributed by atoms with van der Waals surface area (Å²) >= 11 is 0. The average Bonchev–Trinajstić information content (AvgIpc) is 3.54. The standard InChI is InChI=1S/C32H41N7O10S/c1-3-34-30(45)24(41)7-6-22(35-28(43)21-11-26(49-16-21)50(33,47)48)29(44)36-23-5-4-8-39(31(23)46)15-25(42)37-27-19-9-18-10-20(27)14-32(12-18,13-19)38-17(2)40/h4-5,8,11,16,18-20,22,27H,3,6-7,9-10,12-15H2,1-2H3,(H,34,45)(H,35,43)(H,36,44)(H,37,42)(H,38,40)(H2,33,47,48)/t18?,19?,20?,22-,27?,32?/m0/s1. The summed E-state index contributed by atoms with van der Waals surface area (Å²) in [6.45, 7) is 3.00. The maximum Gasteiger partial charge on any atom is 0.287 e. The number of hydrogen-bond acceptors (Lipinski definition) is 10. The van der Waals surface area contributed by atoms with Crippen LogP contribution < -0.4 is 37.3 Å². The molecule has 2 unspecified atom stereocenters. The number of nitrogens with one attached hydrogen (secondary N) is 5. The van der Waals surface area contributed by atoms with Gasteiger partial charge in [-0.25, -0.2) is 13.6 Å². The number of carbonyl (C=O) groups excluding carboxylic acids is 6. The number of nitrogens with two attached hydrogens (primary N) is 1. The van der Waals surface area contributed by atoms with Crippen molar-refractivity contribution in [1.82, 2.24) is 25.8 Å². The van der Waals surface area contributed by atoms with E-state index < -0.39 is 56.6 Å². The molecule has 4 fully saturated rings. The molecule has 3 atom stereocenters. The summed E-state index contributed by atoms with van der Waals surface area (Å²) in [4.78, 5) is 89.1. The number of anilines is 1. The number of sulfonamides is 1. The third-order valence-electron chi connectivity index (χ3n) is 9.62. The molecule has 4 aliphatic rings.